The topological polar surface area (TPSA) is 95.8 Å². The number of urea groups is 1. The van der Waals surface area contributed by atoms with E-state index >= 15 is 0 Å². The second-order valence-electron chi connectivity index (χ2n) is 7.41. The van der Waals surface area contributed by atoms with Gasteiger partial charge in [-0.05, 0) is 45.4 Å². The van der Waals surface area contributed by atoms with Gasteiger partial charge in [-0.25, -0.2) is 4.79 Å². The van der Waals surface area contributed by atoms with Crippen LogP contribution < -0.4 is 5.32 Å². The van der Waals surface area contributed by atoms with Gasteiger partial charge in [0.25, 0.3) is 5.91 Å². The Morgan fingerprint density at radius 3 is 2.80 bits per heavy atom. The molecule has 0 bridgehead atoms. The van der Waals surface area contributed by atoms with E-state index in [-0.39, 0.29) is 30.3 Å². The van der Waals surface area contributed by atoms with Crippen molar-refractivity contribution in [3.8, 4) is 0 Å². The number of hydrogen-bond acceptors (Lipinski definition) is 5. The van der Waals surface area contributed by atoms with E-state index in [2.05, 4.69) is 10.5 Å². The number of likely N-dealkylation sites (tertiary alicyclic amines) is 1. The lowest BCUT2D eigenvalue weighted by atomic mass is 9.96. The summed E-state index contributed by atoms with van der Waals surface area (Å²) in [4.78, 5) is 40.4. The van der Waals surface area contributed by atoms with Gasteiger partial charge in [0.05, 0.1) is 6.04 Å². The second kappa shape index (κ2) is 5.57. The lowest BCUT2D eigenvalue weighted by Gasteiger charge is -2.25. The van der Waals surface area contributed by atoms with E-state index in [1.165, 1.54) is 0 Å². The molecule has 2 aliphatic heterocycles. The molecule has 2 unspecified atom stereocenters. The molecule has 4 amide bonds. The maximum atomic E-state index is 12.8. The lowest BCUT2D eigenvalue weighted by Crippen LogP contribution is -2.47. The van der Waals surface area contributed by atoms with Crippen LogP contribution >= 0.6 is 0 Å². The summed E-state index contributed by atoms with van der Waals surface area (Å²) in [6.45, 7) is 3.94. The predicted molar refractivity (Wildman–Crippen MR) is 86.3 cm³/mol. The van der Waals surface area contributed by atoms with Gasteiger partial charge >= 0.3 is 6.03 Å². The predicted octanol–water partition coefficient (Wildman–Crippen LogP) is 1.37. The Labute approximate surface area is 145 Å². The lowest BCUT2D eigenvalue weighted by molar-refractivity contribution is -0.139. The van der Waals surface area contributed by atoms with E-state index < -0.39 is 11.6 Å². The Morgan fingerprint density at radius 2 is 2.16 bits per heavy atom. The van der Waals surface area contributed by atoms with Crippen LogP contribution in [0.15, 0.2) is 10.6 Å². The summed E-state index contributed by atoms with van der Waals surface area (Å²) in [5.41, 5.74) is -0.131. The second-order valence-corrected chi connectivity index (χ2v) is 7.41. The zero-order valence-corrected chi connectivity index (χ0v) is 14.4. The van der Waals surface area contributed by atoms with Crippen LogP contribution in [0.3, 0.4) is 0 Å². The number of hydrogen-bond donors (Lipinski definition) is 1. The van der Waals surface area contributed by atoms with Gasteiger partial charge in [0.1, 0.15) is 23.5 Å². The molecule has 3 fully saturated rings. The van der Waals surface area contributed by atoms with Crippen molar-refractivity contribution in [2.45, 2.75) is 51.1 Å². The number of aromatic nitrogens is 1. The molecular formula is C17H22N4O4. The number of rotatable bonds is 4. The van der Waals surface area contributed by atoms with Crippen molar-refractivity contribution in [2.24, 2.45) is 5.92 Å². The Bertz CT molecular complexity index is 741. The van der Waals surface area contributed by atoms with Gasteiger partial charge < -0.3 is 14.7 Å². The Kier molecular flexibility index (Phi) is 3.59. The van der Waals surface area contributed by atoms with Gasteiger partial charge in [-0.15, -0.1) is 0 Å². The number of carbonyl (C=O) groups excluding carboxylic acids is 3. The van der Waals surface area contributed by atoms with Crippen LogP contribution in [-0.2, 0) is 9.59 Å². The molecule has 1 aromatic heterocycles. The van der Waals surface area contributed by atoms with Crippen molar-refractivity contribution in [1.29, 1.82) is 0 Å². The molecule has 0 radical (unpaired) electrons. The van der Waals surface area contributed by atoms with Crippen molar-refractivity contribution in [3.63, 3.8) is 0 Å². The third-order valence-corrected chi connectivity index (χ3v) is 5.55. The fraction of sp³-hybridized carbons (Fsp3) is 0.647. The van der Waals surface area contributed by atoms with E-state index in [9.17, 15) is 14.4 Å². The average molecular weight is 346 g/mol. The average Bonchev–Trinajstić information content (AvgIpc) is 3.10. The summed E-state index contributed by atoms with van der Waals surface area (Å²) in [5.74, 6) is 0.360. The SMILES string of the molecule is Cc1cc(C2CCCN2C(=O)CN2C(=O)NC(C)(C3CC3)C2=O)no1. The number of nitrogens with zero attached hydrogens (tertiary/aromatic N) is 3. The first-order chi connectivity index (χ1) is 11.9. The van der Waals surface area contributed by atoms with E-state index in [4.69, 9.17) is 4.52 Å². The number of aryl methyl sites for hydroxylation is 1. The minimum atomic E-state index is -0.856. The molecule has 0 spiro atoms. The summed E-state index contributed by atoms with van der Waals surface area (Å²) in [7, 11) is 0. The number of imide groups is 1. The molecule has 134 valence electrons. The van der Waals surface area contributed by atoms with Gasteiger partial charge in [0, 0.05) is 12.6 Å². The molecule has 1 saturated carbocycles. The highest BCUT2D eigenvalue weighted by atomic mass is 16.5. The van der Waals surface area contributed by atoms with Crippen LogP contribution in [0, 0.1) is 12.8 Å². The molecule has 2 atom stereocenters. The zero-order valence-electron chi connectivity index (χ0n) is 14.4. The first-order valence-electron chi connectivity index (χ1n) is 8.77. The number of carbonyl (C=O) groups is 3. The van der Waals surface area contributed by atoms with E-state index in [0.717, 1.165) is 36.3 Å². The molecule has 25 heavy (non-hydrogen) atoms. The van der Waals surface area contributed by atoms with Crippen LogP contribution in [0.5, 0.6) is 0 Å². The zero-order chi connectivity index (χ0) is 17.8. The summed E-state index contributed by atoms with van der Waals surface area (Å²) >= 11 is 0. The minimum Gasteiger partial charge on any atom is -0.361 e. The molecule has 3 heterocycles. The fourth-order valence-electron chi connectivity index (χ4n) is 3.94. The largest absolute Gasteiger partial charge is 0.361 e. The molecule has 1 aliphatic carbocycles. The molecule has 1 aromatic rings. The van der Waals surface area contributed by atoms with Gasteiger partial charge in [0.2, 0.25) is 5.91 Å². The summed E-state index contributed by atoms with van der Waals surface area (Å²) in [6.07, 6.45) is 3.54. The molecule has 4 rings (SSSR count). The monoisotopic (exact) mass is 346 g/mol. The van der Waals surface area contributed by atoms with E-state index in [0.29, 0.717) is 12.3 Å². The highest BCUT2D eigenvalue weighted by Gasteiger charge is 2.56. The minimum absolute atomic E-state index is 0.152. The third-order valence-electron chi connectivity index (χ3n) is 5.55. The molecule has 8 nitrogen and oxygen atoms in total. The Morgan fingerprint density at radius 1 is 1.40 bits per heavy atom. The first-order valence-corrected chi connectivity index (χ1v) is 8.77. The van der Waals surface area contributed by atoms with Gasteiger partial charge in [0.15, 0.2) is 0 Å². The van der Waals surface area contributed by atoms with Gasteiger partial charge in [-0.3, -0.25) is 14.5 Å². The number of amides is 4. The van der Waals surface area contributed by atoms with Gasteiger partial charge in [-0.1, -0.05) is 5.16 Å². The Hall–Kier alpha value is -2.38. The molecule has 3 aliphatic rings. The van der Waals surface area contributed by atoms with Crippen LogP contribution in [0.25, 0.3) is 0 Å². The molecular weight excluding hydrogens is 324 g/mol. The highest BCUT2D eigenvalue weighted by Crippen LogP contribution is 2.42. The standard InChI is InChI=1S/C17H22N4O4/c1-10-8-12(19-25-10)13-4-3-7-20(13)14(22)9-21-15(23)17(2,11-5-6-11)18-16(21)24/h8,11,13H,3-7,9H2,1-2H3,(H,18,24). The summed E-state index contributed by atoms with van der Waals surface area (Å²) in [5, 5.41) is 6.79. The van der Waals surface area contributed by atoms with Gasteiger partial charge in [-0.2, -0.15) is 0 Å². The summed E-state index contributed by atoms with van der Waals surface area (Å²) in [6, 6.07) is 1.20. The summed E-state index contributed by atoms with van der Waals surface area (Å²) < 4.78 is 5.12. The van der Waals surface area contributed by atoms with E-state index in [1.54, 1.807) is 11.8 Å². The van der Waals surface area contributed by atoms with E-state index in [1.807, 2.05) is 13.0 Å². The third kappa shape index (κ3) is 2.60. The van der Waals surface area contributed by atoms with Crippen molar-refractivity contribution in [1.82, 2.24) is 20.3 Å². The maximum absolute atomic E-state index is 12.8. The quantitative estimate of drug-likeness (QED) is 0.831. The first kappa shape index (κ1) is 16.1. The Balaban J connectivity index is 1.48. The number of nitrogens with one attached hydrogen (secondary N) is 1. The molecule has 2 saturated heterocycles. The van der Waals surface area contributed by atoms with Crippen LogP contribution in [-0.4, -0.2) is 51.4 Å². The fourth-order valence-corrected chi connectivity index (χ4v) is 3.94. The molecule has 0 aromatic carbocycles. The van der Waals surface area contributed by atoms with Crippen molar-refractivity contribution >= 4 is 17.8 Å². The normalized spacial score (nSPS) is 29.4. The smallest absolute Gasteiger partial charge is 0.325 e. The highest BCUT2D eigenvalue weighted by molar-refractivity contribution is 6.09. The van der Waals surface area contributed by atoms with Crippen molar-refractivity contribution in [2.75, 3.05) is 13.1 Å². The van der Waals surface area contributed by atoms with Crippen molar-refractivity contribution in [3.05, 3.63) is 17.5 Å². The molecule has 1 N–H and O–H groups in total. The maximum Gasteiger partial charge on any atom is 0.325 e. The van der Waals surface area contributed by atoms with Crippen LogP contribution in [0.1, 0.15) is 50.1 Å². The van der Waals surface area contributed by atoms with Crippen LogP contribution in [0.2, 0.25) is 0 Å². The molecule has 8 heteroatoms. The van der Waals surface area contributed by atoms with Crippen molar-refractivity contribution < 1.29 is 18.9 Å². The van der Waals surface area contributed by atoms with Crippen LogP contribution in [0.4, 0.5) is 4.79 Å².